The Morgan fingerprint density at radius 3 is 2.96 bits per heavy atom. The van der Waals surface area contributed by atoms with Crippen molar-refractivity contribution in [3.05, 3.63) is 23.9 Å². The van der Waals surface area contributed by atoms with Gasteiger partial charge in [-0.05, 0) is 25.3 Å². The molecule has 0 radical (unpaired) electrons. The standard InChI is InChI=1S/C16H20N2O5/c19-15(20)9-12-10-22-7-6-18(12)16(21)11-4-5-17-14(8-11)23-13-2-1-3-13/h4-5,8,12-13H,1-3,6-7,9-10H2,(H,19,20). The van der Waals surface area contributed by atoms with Crippen molar-refractivity contribution in [1.29, 1.82) is 0 Å². The minimum Gasteiger partial charge on any atom is -0.481 e. The van der Waals surface area contributed by atoms with Crippen molar-refractivity contribution < 1.29 is 24.2 Å². The van der Waals surface area contributed by atoms with E-state index in [2.05, 4.69) is 4.98 Å². The number of nitrogens with zero attached hydrogens (tertiary/aromatic N) is 2. The molecule has 0 spiro atoms. The van der Waals surface area contributed by atoms with Crippen LogP contribution in [0, 0.1) is 0 Å². The zero-order valence-corrected chi connectivity index (χ0v) is 12.8. The lowest BCUT2D eigenvalue weighted by atomic mass is 9.96. The van der Waals surface area contributed by atoms with E-state index in [-0.39, 0.29) is 25.0 Å². The van der Waals surface area contributed by atoms with Crippen LogP contribution in [-0.4, -0.2) is 58.8 Å². The Labute approximate surface area is 134 Å². The number of pyridine rings is 1. The van der Waals surface area contributed by atoms with E-state index in [1.165, 1.54) is 0 Å². The number of hydrogen-bond acceptors (Lipinski definition) is 5. The van der Waals surface area contributed by atoms with Crippen molar-refractivity contribution in [3.8, 4) is 5.88 Å². The van der Waals surface area contributed by atoms with Crippen LogP contribution in [0.25, 0.3) is 0 Å². The summed E-state index contributed by atoms with van der Waals surface area (Å²) in [5.74, 6) is -0.703. The Hall–Kier alpha value is -2.15. The second-order valence-electron chi connectivity index (χ2n) is 5.88. The number of hydrogen-bond donors (Lipinski definition) is 1. The molecule has 1 aromatic heterocycles. The fraction of sp³-hybridized carbons (Fsp3) is 0.562. The predicted molar refractivity (Wildman–Crippen MR) is 80.4 cm³/mol. The highest BCUT2D eigenvalue weighted by molar-refractivity contribution is 5.95. The molecule has 1 saturated carbocycles. The maximum absolute atomic E-state index is 12.7. The van der Waals surface area contributed by atoms with Crippen LogP contribution >= 0.6 is 0 Å². The Kier molecular flexibility index (Phi) is 4.76. The van der Waals surface area contributed by atoms with Gasteiger partial charge in [0, 0.05) is 24.4 Å². The first-order valence-corrected chi connectivity index (χ1v) is 7.86. The number of amides is 1. The van der Waals surface area contributed by atoms with Crippen LogP contribution in [0.15, 0.2) is 18.3 Å². The summed E-state index contributed by atoms with van der Waals surface area (Å²) in [5, 5.41) is 8.99. The SMILES string of the molecule is O=C(O)CC1COCCN1C(=O)c1ccnc(OC2CCC2)c1. The van der Waals surface area contributed by atoms with Gasteiger partial charge in [-0.3, -0.25) is 9.59 Å². The van der Waals surface area contributed by atoms with Crippen LogP contribution in [0.1, 0.15) is 36.0 Å². The molecule has 23 heavy (non-hydrogen) atoms. The van der Waals surface area contributed by atoms with Crippen LogP contribution in [0.2, 0.25) is 0 Å². The highest BCUT2D eigenvalue weighted by atomic mass is 16.5. The highest BCUT2D eigenvalue weighted by Crippen LogP contribution is 2.25. The summed E-state index contributed by atoms with van der Waals surface area (Å²) in [5.41, 5.74) is 0.464. The first-order chi connectivity index (χ1) is 11.1. The van der Waals surface area contributed by atoms with Gasteiger partial charge in [0.25, 0.3) is 5.91 Å². The van der Waals surface area contributed by atoms with E-state index in [1.807, 2.05) is 0 Å². The Morgan fingerprint density at radius 2 is 2.26 bits per heavy atom. The lowest BCUT2D eigenvalue weighted by Crippen LogP contribution is -2.49. The van der Waals surface area contributed by atoms with E-state index in [4.69, 9.17) is 14.6 Å². The number of carboxylic acid groups (broad SMARTS) is 1. The summed E-state index contributed by atoms with van der Waals surface area (Å²) in [7, 11) is 0. The van der Waals surface area contributed by atoms with Crippen LogP contribution in [0.4, 0.5) is 0 Å². The molecule has 1 N–H and O–H groups in total. The molecular weight excluding hydrogens is 300 g/mol. The summed E-state index contributed by atoms with van der Waals surface area (Å²) in [4.78, 5) is 29.4. The molecule has 124 valence electrons. The molecule has 1 aromatic rings. The molecule has 2 fully saturated rings. The average Bonchev–Trinajstić information content (AvgIpc) is 2.51. The van der Waals surface area contributed by atoms with Crippen LogP contribution < -0.4 is 4.74 Å². The van der Waals surface area contributed by atoms with Gasteiger partial charge in [0.1, 0.15) is 6.10 Å². The smallest absolute Gasteiger partial charge is 0.305 e. The zero-order valence-electron chi connectivity index (χ0n) is 12.8. The minimum atomic E-state index is -0.943. The van der Waals surface area contributed by atoms with Crippen molar-refractivity contribution in [1.82, 2.24) is 9.88 Å². The number of carbonyl (C=O) groups excluding carboxylic acids is 1. The molecule has 0 bridgehead atoms. The predicted octanol–water partition coefficient (Wildman–Crippen LogP) is 1.33. The van der Waals surface area contributed by atoms with Crippen molar-refractivity contribution in [2.45, 2.75) is 37.8 Å². The summed E-state index contributed by atoms with van der Waals surface area (Å²) >= 11 is 0. The van der Waals surface area contributed by atoms with Crippen LogP contribution in [0.5, 0.6) is 5.88 Å². The minimum absolute atomic E-state index is 0.123. The van der Waals surface area contributed by atoms with Gasteiger partial charge in [-0.1, -0.05) is 0 Å². The van der Waals surface area contributed by atoms with Gasteiger partial charge in [-0.25, -0.2) is 4.98 Å². The summed E-state index contributed by atoms with van der Waals surface area (Å²) in [6, 6.07) is 2.81. The monoisotopic (exact) mass is 320 g/mol. The Bertz CT molecular complexity index is 588. The van der Waals surface area contributed by atoms with Gasteiger partial charge < -0.3 is 19.5 Å². The van der Waals surface area contributed by atoms with Gasteiger partial charge in [0.2, 0.25) is 5.88 Å². The fourth-order valence-corrected chi connectivity index (χ4v) is 2.73. The third-order valence-electron chi connectivity index (χ3n) is 4.22. The maximum atomic E-state index is 12.7. The van der Waals surface area contributed by atoms with E-state index in [0.29, 0.717) is 24.6 Å². The molecule has 1 aliphatic heterocycles. The summed E-state index contributed by atoms with van der Waals surface area (Å²) in [6.07, 6.45) is 4.81. The molecular formula is C16H20N2O5. The molecule has 2 aliphatic rings. The lowest BCUT2D eigenvalue weighted by molar-refractivity contribution is -0.139. The maximum Gasteiger partial charge on any atom is 0.305 e. The van der Waals surface area contributed by atoms with Gasteiger partial charge in [-0.2, -0.15) is 0 Å². The third kappa shape index (κ3) is 3.79. The second-order valence-corrected chi connectivity index (χ2v) is 5.88. The van der Waals surface area contributed by atoms with Gasteiger partial charge >= 0.3 is 5.97 Å². The van der Waals surface area contributed by atoms with E-state index in [9.17, 15) is 9.59 Å². The summed E-state index contributed by atoms with van der Waals surface area (Å²) < 4.78 is 11.0. The van der Waals surface area contributed by atoms with Gasteiger partial charge in [-0.15, -0.1) is 0 Å². The number of aromatic nitrogens is 1. The molecule has 2 heterocycles. The largest absolute Gasteiger partial charge is 0.481 e. The number of ether oxygens (including phenoxy) is 2. The second kappa shape index (κ2) is 6.95. The van der Waals surface area contributed by atoms with Crippen molar-refractivity contribution in [2.24, 2.45) is 0 Å². The molecule has 1 saturated heterocycles. The average molecular weight is 320 g/mol. The molecule has 1 unspecified atom stereocenters. The number of rotatable bonds is 5. The molecule has 3 rings (SSSR count). The van der Waals surface area contributed by atoms with Crippen molar-refractivity contribution in [2.75, 3.05) is 19.8 Å². The third-order valence-corrected chi connectivity index (χ3v) is 4.22. The van der Waals surface area contributed by atoms with E-state index in [1.54, 1.807) is 23.2 Å². The molecule has 7 nitrogen and oxygen atoms in total. The van der Waals surface area contributed by atoms with Gasteiger partial charge in [0.15, 0.2) is 0 Å². The molecule has 1 atom stereocenters. The molecule has 7 heteroatoms. The number of carboxylic acids is 1. The van der Waals surface area contributed by atoms with Crippen LogP contribution in [0.3, 0.4) is 0 Å². The van der Waals surface area contributed by atoms with E-state index in [0.717, 1.165) is 19.3 Å². The van der Waals surface area contributed by atoms with E-state index < -0.39 is 12.0 Å². The molecule has 0 aromatic carbocycles. The molecule has 1 amide bonds. The topological polar surface area (TPSA) is 89.0 Å². The Balaban J connectivity index is 1.72. The first-order valence-electron chi connectivity index (χ1n) is 7.86. The van der Waals surface area contributed by atoms with Crippen molar-refractivity contribution >= 4 is 11.9 Å². The quantitative estimate of drug-likeness (QED) is 0.880. The van der Waals surface area contributed by atoms with Gasteiger partial charge in [0.05, 0.1) is 25.7 Å². The summed E-state index contributed by atoms with van der Waals surface area (Å²) in [6.45, 7) is 1.05. The first kappa shape index (κ1) is 15.7. The number of aliphatic carboxylic acids is 1. The van der Waals surface area contributed by atoms with Crippen molar-refractivity contribution in [3.63, 3.8) is 0 Å². The Morgan fingerprint density at radius 1 is 1.43 bits per heavy atom. The van der Waals surface area contributed by atoms with Crippen LogP contribution in [-0.2, 0) is 9.53 Å². The van der Waals surface area contributed by atoms with E-state index >= 15 is 0 Å². The number of carbonyl (C=O) groups is 2. The highest BCUT2D eigenvalue weighted by Gasteiger charge is 2.30. The zero-order chi connectivity index (χ0) is 16.2. The molecule has 1 aliphatic carbocycles. The normalized spacial score (nSPS) is 21.6. The fourth-order valence-electron chi connectivity index (χ4n) is 2.73. The number of morpholine rings is 1. The lowest BCUT2D eigenvalue weighted by Gasteiger charge is -2.35.